The summed E-state index contributed by atoms with van der Waals surface area (Å²) in [6.45, 7) is 0.581. The molecule has 0 atom stereocenters. The first kappa shape index (κ1) is 18.9. The Kier molecular flexibility index (Phi) is 5.67. The molecule has 0 aliphatic carbocycles. The zero-order chi connectivity index (χ0) is 20.1. The lowest BCUT2D eigenvalue weighted by molar-refractivity contribution is -0.116. The molecule has 7 nitrogen and oxygen atoms in total. The number of hydrogen-bond donors (Lipinski definition) is 1. The molecule has 0 aliphatic rings. The van der Waals surface area contributed by atoms with E-state index in [4.69, 9.17) is 16.1 Å². The van der Waals surface area contributed by atoms with E-state index < -0.39 is 0 Å². The normalized spacial score (nSPS) is 10.8. The Labute approximate surface area is 172 Å². The molecule has 0 bridgehead atoms. The van der Waals surface area contributed by atoms with E-state index >= 15 is 0 Å². The summed E-state index contributed by atoms with van der Waals surface area (Å²) in [6.07, 6.45) is 2.23. The lowest BCUT2D eigenvalue weighted by Crippen LogP contribution is -2.16. The molecule has 146 valence electrons. The van der Waals surface area contributed by atoms with E-state index in [0.29, 0.717) is 35.5 Å². The third-order valence-electron chi connectivity index (χ3n) is 4.30. The summed E-state index contributed by atoms with van der Waals surface area (Å²) in [5.74, 6) is 1.37. The van der Waals surface area contributed by atoms with E-state index in [2.05, 4.69) is 20.6 Å². The maximum atomic E-state index is 12.3. The molecule has 0 fully saturated rings. The van der Waals surface area contributed by atoms with Crippen LogP contribution in [0.25, 0.3) is 11.4 Å². The highest BCUT2D eigenvalue weighted by Gasteiger charge is 2.12. The van der Waals surface area contributed by atoms with Gasteiger partial charge in [0, 0.05) is 29.5 Å². The molecular weight excluding hydrogens is 390 g/mol. The van der Waals surface area contributed by atoms with Crippen molar-refractivity contribution in [2.75, 3.05) is 5.32 Å². The van der Waals surface area contributed by atoms with Gasteiger partial charge in [-0.1, -0.05) is 47.1 Å². The van der Waals surface area contributed by atoms with Crippen molar-refractivity contribution in [1.29, 1.82) is 0 Å². The molecule has 2 heterocycles. The van der Waals surface area contributed by atoms with Crippen LogP contribution in [0.2, 0.25) is 5.02 Å². The van der Waals surface area contributed by atoms with Crippen molar-refractivity contribution < 1.29 is 9.32 Å². The van der Waals surface area contributed by atoms with E-state index in [9.17, 15) is 4.79 Å². The second kappa shape index (κ2) is 8.70. The molecule has 0 unspecified atom stereocenters. The van der Waals surface area contributed by atoms with Gasteiger partial charge in [0.1, 0.15) is 5.82 Å². The highest BCUT2D eigenvalue weighted by atomic mass is 35.5. The first-order valence-electron chi connectivity index (χ1n) is 9.11. The van der Waals surface area contributed by atoms with Crippen LogP contribution in [0.4, 0.5) is 5.82 Å². The van der Waals surface area contributed by atoms with Crippen molar-refractivity contribution in [1.82, 2.24) is 19.9 Å². The van der Waals surface area contributed by atoms with Crippen molar-refractivity contribution in [3.8, 4) is 11.4 Å². The number of nitrogens with one attached hydrogen (secondary N) is 1. The minimum atomic E-state index is -0.147. The molecule has 29 heavy (non-hydrogen) atoms. The van der Waals surface area contributed by atoms with E-state index in [0.717, 1.165) is 11.1 Å². The maximum absolute atomic E-state index is 12.3. The molecule has 8 heteroatoms. The van der Waals surface area contributed by atoms with Gasteiger partial charge in [0.05, 0.1) is 12.7 Å². The second-order valence-electron chi connectivity index (χ2n) is 6.43. The summed E-state index contributed by atoms with van der Waals surface area (Å²) in [5, 5.41) is 11.8. The molecule has 4 aromatic rings. The summed E-state index contributed by atoms with van der Waals surface area (Å²) in [4.78, 5) is 16.7. The molecule has 2 aromatic carbocycles. The average Bonchev–Trinajstić information content (AvgIpc) is 3.38. The van der Waals surface area contributed by atoms with Gasteiger partial charge in [-0.2, -0.15) is 10.1 Å². The van der Waals surface area contributed by atoms with Gasteiger partial charge in [-0.05, 0) is 29.8 Å². The molecule has 1 N–H and O–H groups in total. The van der Waals surface area contributed by atoms with Gasteiger partial charge < -0.3 is 9.84 Å². The Hall–Kier alpha value is -3.45. The predicted molar refractivity (Wildman–Crippen MR) is 109 cm³/mol. The Balaban J connectivity index is 1.33. The Bertz CT molecular complexity index is 1090. The number of aryl methyl sites for hydroxylation is 1. The van der Waals surface area contributed by atoms with Crippen molar-refractivity contribution in [2.45, 2.75) is 19.4 Å². The lowest BCUT2D eigenvalue weighted by atomic mass is 10.2. The number of hydrogen-bond acceptors (Lipinski definition) is 5. The summed E-state index contributed by atoms with van der Waals surface area (Å²) in [5.41, 5.74) is 1.91. The third kappa shape index (κ3) is 4.89. The standard InChI is InChI=1S/C21H18ClN5O2/c22-17-8-6-16(7-9-17)21-25-20(29-26-21)11-10-19(28)24-18-12-13-23-27(18)14-15-4-2-1-3-5-15/h1-9,12-13H,10-11,14H2,(H,24,28). The maximum Gasteiger partial charge on any atom is 0.227 e. The van der Waals surface area contributed by atoms with E-state index in [-0.39, 0.29) is 12.3 Å². The molecule has 0 saturated carbocycles. The van der Waals surface area contributed by atoms with Crippen LogP contribution in [-0.2, 0) is 17.8 Å². The van der Waals surface area contributed by atoms with Crippen LogP contribution >= 0.6 is 11.6 Å². The van der Waals surface area contributed by atoms with Gasteiger partial charge in [0.25, 0.3) is 0 Å². The molecule has 4 rings (SSSR count). The van der Waals surface area contributed by atoms with E-state index in [1.165, 1.54) is 0 Å². The molecule has 0 aliphatic heterocycles. The fourth-order valence-electron chi connectivity index (χ4n) is 2.82. The van der Waals surface area contributed by atoms with Crippen LogP contribution in [0.15, 0.2) is 71.4 Å². The highest BCUT2D eigenvalue weighted by molar-refractivity contribution is 6.30. The number of anilines is 1. The summed E-state index contributed by atoms with van der Waals surface area (Å²) < 4.78 is 6.99. The van der Waals surface area contributed by atoms with Gasteiger partial charge >= 0.3 is 0 Å². The van der Waals surface area contributed by atoms with Crippen molar-refractivity contribution in [3.05, 3.63) is 83.3 Å². The second-order valence-corrected chi connectivity index (χ2v) is 6.86. The Morgan fingerprint density at radius 1 is 1.07 bits per heavy atom. The summed E-state index contributed by atoms with van der Waals surface area (Å²) in [7, 11) is 0. The zero-order valence-electron chi connectivity index (χ0n) is 15.5. The Morgan fingerprint density at radius 3 is 2.66 bits per heavy atom. The largest absolute Gasteiger partial charge is 0.339 e. The quantitative estimate of drug-likeness (QED) is 0.496. The van der Waals surface area contributed by atoms with Crippen LogP contribution in [0, 0.1) is 0 Å². The summed E-state index contributed by atoms with van der Waals surface area (Å²) >= 11 is 5.89. The van der Waals surface area contributed by atoms with Crippen molar-refractivity contribution in [2.24, 2.45) is 0 Å². The van der Waals surface area contributed by atoms with Crippen LogP contribution < -0.4 is 5.32 Å². The minimum absolute atomic E-state index is 0.147. The number of aromatic nitrogens is 4. The molecule has 0 radical (unpaired) electrons. The average molecular weight is 408 g/mol. The van der Waals surface area contributed by atoms with Crippen LogP contribution in [0.5, 0.6) is 0 Å². The van der Waals surface area contributed by atoms with E-state index in [1.807, 2.05) is 42.5 Å². The minimum Gasteiger partial charge on any atom is -0.339 e. The fraction of sp³-hybridized carbons (Fsp3) is 0.143. The van der Waals surface area contributed by atoms with E-state index in [1.54, 1.807) is 29.1 Å². The first-order chi connectivity index (χ1) is 14.2. The Morgan fingerprint density at radius 2 is 1.86 bits per heavy atom. The molecule has 1 amide bonds. The number of carbonyl (C=O) groups is 1. The number of nitrogens with zero attached hydrogens (tertiary/aromatic N) is 4. The van der Waals surface area contributed by atoms with Gasteiger partial charge in [-0.3, -0.25) is 4.79 Å². The number of amides is 1. The highest BCUT2D eigenvalue weighted by Crippen LogP contribution is 2.19. The molecule has 0 saturated heterocycles. The molecule has 2 aromatic heterocycles. The van der Waals surface area contributed by atoms with Gasteiger partial charge in [-0.15, -0.1) is 0 Å². The summed E-state index contributed by atoms with van der Waals surface area (Å²) in [6, 6.07) is 18.9. The van der Waals surface area contributed by atoms with Gasteiger partial charge in [0.2, 0.25) is 17.6 Å². The predicted octanol–water partition coefficient (Wildman–Crippen LogP) is 4.21. The van der Waals surface area contributed by atoms with Gasteiger partial charge in [0.15, 0.2) is 0 Å². The number of rotatable bonds is 7. The smallest absolute Gasteiger partial charge is 0.227 e. The topological polar surface area (TPSA) is 85.8 Å². The van der Waals surface area contributed by atoms with Crippen LogP contribution in [-0.4, -0.2) is 25.8 Å². The molecule has 0 spiro atoms. The lowest BCUT2D eigenvalue weighted by Gasteiger charge is -2.08. The van der Waals surface area contributed by atoms with Crippen molar-refractivity contribution >= 4 is 23.3 Å². The zero-order valence-corrected chi connectivity index (χ0v) is 16.2. The fourth-order valence-corrected chi connectivity index (χ4v) is 2.95. The third-order valence-corrected chi connectivity index (χ3v) is 4.55. The SMILES string of the molecule is O=C(CCc1nc(-c2ccc(Cl)cc2)no1)Nc1ccnn1Cc1ccccc1. The number of halogens is 1. The van der Waals surface area contributed by atoms with Crippen LogP contribution in [0.3, 0.4) is 0 Å². The monoisotopic (exact) mass is 407 g/mol. The molecular formula is C21H18ClN5O2. The number of carbonyl (C=O) groups excluding carboxylic acids is 1. The first-order valence-corrected chi connectivity index (χ1v) is 9.49. The van der Waals surface area contributed by atoms with Gasteiger partial charge in [-0.25, -0.2) is 4.68 Å². The number of benzene rings is 2. The van der Waals surface area contributed by atoms with Crippen molar-refractivity contribution in [3.63, 3.8) is 0 Å². The van der Waals surface area contributed by atoms with Crippen LogP contribution in [0.1, 0.15) is 17.9 Å².